The van der Waals surface area contributed by atoms with E-state index in [4.69, 9.17) is 11.6 Å². The van der Waals surface area contributed by atoms with E-state index in [2.05, 4.69) is 9.97 Å². The number of rotatable bonds is 0. The molecule has 17 heavy (non-hydrogen) atoms. The lowest BCUT2D eigenvalue weighted by Crippen LogP contribution is -2.05. The molecule has 4 heteroatoms. The van der Waals surface area contributed by atoms with Crippen molar-refractivity contribution in [3.63, 3.8) is 0 Å². The highest BCUT2D eigenvalue weighted by molar-refractivity contribution is 6.34. The Morgan fingerprint density at radius 1 is 1.24 bits per heavy atom. The number of nitrogens with one attached hydrogen (secondary N) is 1. The average molecular weight is 245 g/mol. The van der Waals surface area contributed by atoms with E-state index in [-0.39, 0.29) is 5.56 Å². The monoisotopic (exact) mass is 244 g/mol. The molecule has 3 aromatic rings. The van der Waals surface area contributed by atoms with Crippen molar-refractivity contribution in [2.24, 2.45) is 0 Å². The molecule has 0 aliphatic heterocycles. The Hall–Kier alpha value is -1.87. The molecule has 0 spiro atoms. The van der Waals surface area contributed by atoms with Crippen LogP contribution in [0.25, 0.3) is 21.5 Å². The topological polar surface area (TPSA) is 45.8 Å². The number of pyridine rings is 2. The SMILES string of the molecule is Cc1c[nH]c(=O)c2cc3ccnc(Cl)c3cc12. The van der Waals surface area contributed by atoms with Gasteiger partial charge in [0.25, 0.3) is 5.56 Å². The van der Waals surface area contributed by atoms with Crippen LogP contribution >= 0.6 is 11.6 Å². The van der Waals surface area contributed by atoms with E-state index in [0.717, 1.165) is 21.7 Å². The quantitative estimate of drug-likeness (QED) is 0.488. The first-order valence-corrected chi connectivity index (χ1v) is 5.61. The summed E-state index contributed by atoms with van der Waals surface area (Å²) in [5.74, 6) is 0. The standard InChI is InChI=1S/C13H9ClN2O/c1-7-6-16-13(17)11-4-8-2-3-15-12(14)10(8)5-9(7)11/h2-6H,1H3,(H,16,17). The van der Waals surface area contributed by atoms with Gasteiger partial charge in [-0.15, -0.1) is 0 Å². The second kappa shape index (κ2) is 3.57. The van der Waals surface area contributed by atoms with Gasteiger partial charge in [-0.2, -0.15) is 0 Å². The Kier molecular flexibility index (Phi) is 2.16. The molecule has 0 unspecified atom stereocenters. The Labute approximate surface area is 102 Å². The van der Waals surface area contributed by atoms with Crippen LogP contribution in [0.4, 0.5) is 0 Å². The predicted octanol–water partition coefficient (Wildman–Crippen LogP) is 3.04. The second-order valence-electron chi connectivity index (χ2n) is 4.02. The summed E-state index contributed by atoms with van der Waals surface area (Å²) in [4.78, 5) is 18.5. The highest BCUT2D eigenvalue weighted by atomic mass is 35.5. The third kappa shape index (κ3) is 1.51. The molecular weight excluding hydrogens is 236 g/mol. The van der Waals surface area contributed by atoms with E-state index in [1.807, 2.05) is 25.1 Å². The van der Waals surface area contributed by atoms with Crippen molar-refractivity contribution < 1.29 is 0 Å². The first-order chi connectivity index (χ1) is 8.16. The number of aryl methyl sites for hydroxylation is 1. The van der Waals surface area contributed by atoms with Crippen LogP contribution in [0.15, 0.2) is 35.4 Å². The Balaban J connectivity index is 2.62. The first-order valence-electron chi connectivity index (χ1n) is 5.23. The number of hydrogen-bond donors (Lipinski definition) is 1. The Bertz CT molecular complexity index is 792. The third-order valence-corrected chi connectivity index (χ3v) is 3.24. The van der Waals surface area contributed by atoms with Crippen molar-refractivity contribution in [2.45, 2.75) is 6.92 Å². The lowest BCUT2D eigenvalue weighted by molar-refractivity contribution is 1.24. The van der Waals surface area contributed by atoms with Crippen molar-refractivity contribution in [1.82, 2.24) is 9.97 Å². The van der Waals surface area contributed by atoms with Gasteiger partial charge in [0.1, 0.15) is 5.15 Å². The largest absolute Gasteiger partial charge is 0.328 e. The summed E-state index contributed by atoms with van der Waals surface area (Å²) in [6, 6.07) is 5.62. The molecule has 84 valence electrons. The van der Waals surface area contributed by atoms with Crippen molar-refractivity contribution in [3.8, 4) is 0 Å². The van der Waals surface area contributed by atoms with Gasteiger partial charge < -0.3 is 4.98 Å². The van der Waals surface area contributed by atoms with Crippen molar-refractivity contribution in [1.29, 1.82) is 0 Å². The fourth-order valence-electron chi connectivity index (χ4n) is 2.03. The maximum Gasteiger partial charge on any atom is 0.255 e. The minimum Gasteiger partial charge on any atom is -0.328 e. The number of halogens is 1. The third-order valence-electron chi connectivity index (χ3n) is 2.94. The van der Waals surface area contributed by atoms with Gasteiger partial charge in [0.05, 0.1) is 0 Å². The van der Waals surface area contributed by atoms with Crippen LogP contribution in [0.2, 0.25) is 5.15 Å². The van der Waals surface area contributed by atoms with Crippen LogP contribution in [0, 0.1) is 6.92 Å². The van der Waals surface area contributed by atoms with Gasteiger partial charge >= 0.3 is 0 Å². The summed E-state index contributed by atoms with van der Waals surface area (Å²) >= 11 is 6.05. The summed E-state index contributed by atoms with van der Waals surface area (Å²) in [7, 11) is 0. The molecule has 2 heterocycles. The highest BCUT2D eigenvalue weighted by Gasteiger charge is 2.06. The Morgan fingerprint density at radius 3 is 2.88 bits per heavy atom. The summed E-state index contributed by atoms with van der Waals surface area (Å²) in [5.41, 5.74) is 0.932. The van der Waals surface area contributed by atoms with Gasteiger partial charge in [0.2, 0.25) is 0 Å². The number of aromatic nitrogens is 2. The number of nitrogens with zero attached hydrogens (tertiary/aromatic N) is 1. The van der Waals surface area contributed by atoms with E-state index in [1.165, 1.54) is 0 Å². The zero-order valence-electron chi connectivity index (χ0n) is 9.12. The molecular formula is C13H9ClN2O. The minimum absolute atomic E-state index is 0.0829. The van der Waals surface area contributed by atoms with E-state index >= 15 is 0 Å². The van der Waals surface area contributed by atoms with Crippen LogP contribution in [-0.2, 0) is 0 Å². The van der Waals surface area contributed by atoms with Gasteiger partial charge in [-0.1, -0.05) is 11.6 Å². The molecule has 2 aromatic heterocycles. The first kappa shape index (κ1) is 10.3. The van der Waals surface area contributed by atoms with Gasteiger partial charge in [-0.3, -0.25) is 4.79 Å². The summed E-state index contributed by atoms with van der Waals surface area (Å²) in [6.07, 6.45) is 3.35. The molecule has 1 aromatic carbocycles. The molecule has 0 saturated carbocycles. The van der Waals surface area contributed by atoms with E-state index in [0.29, 0.717) is 10.5 Å². The Morgan fingerprint density at radius 2 is 2.06 bits per heavy atom. The van der Waals surface area contributed by atoms with Gasteiger partial charge in [0.15, 0.2) is 0 Å². The average Bonchev–Trinajstić information content (AvgIpc) is 2.33. The molecule has 0 radical (unpaired) electrons. The van der Waals surface area contributed by atoms with Gasteiger partial charge in [0, 0.05) is 23.2 Å². The van der Waals surface area contributed by atoms with Crippen LogP contribution in [0.5, 0.6) is 0 Å². The maximum absolute atomic E-state index is 11.8. The number of fused-ring (bicyclic) bond motifs is 2. The molecule has 0 amide bonds. The molecule has 0 atom stereocenters. The van der Waals surface area contributed by atoms with Gasteiger partial charge in [-0.05, 0) is 41.5 Å². The van der Waals surface area contributed by atoms with Crippen LogP contribution < -0.4 is 5.56 Å². The van der Waals surface area contributed by atoms with Crippen LogP contribution in [-0.4, -0.2) is 9.97 Å². The maximum atomic E-state index is 11.8. The van der Waals surface area contributed by atoms with E-state index < -0.39 is 0 Å². The number of aromatic amines is 1. The van der Waals surface area contributed by atoms with E-state index in [1.54, 1.807) is 12.4 Å². The van der Waals surface area contributed by atoms with Crippen molar-refractivity contribution in [3.05, 3.63) is 51.7 Å². The lowest BCUT2D eigenvalue weighted by atomic mass is 10.0. The normalized spacial score (nSPS) is 11.2. The fourth-order valence-corrected chi connectivity index (χ4v) is 2.25. The fraction of sp³-hybridized carbons (Fsp3) is 0.0769. The zero-order valence-corrected chi connectivity index (χ0v) is 9.88. The molecule has 3 rings (SSSR count). The molecule has 0 saturated heterocycles. The predicted molar refractivity (Wildman–Crippen MR) is 69.6 cm³/mol. The molecule has 0 fully saturated rings. The molecule has 3 nitrogen and oxygen atoms in total. The van der Waals surface area contributed by atoms with Crippen LogP contribution in [0.1, 0.15) is 5.56 Å². The van der Waals surface area contributed by atoms with Crippen LogP contribution in [0.3, 0.4) is 0 Å². The zero-order chi connectivity index (χ0) is 12.0. The molecule has 1 N–H and O–H groups in total. The summed E-state index contributed by atoms with van der Waals surface area (Å²) < 4.78 is 0. The smallest absolute Gasteiger partial charge is 0.255 e. The highest BCUT2D eigenvalue weighted by Crippen LogP contribution is 2.26. The number of benzene rings is 1. The summed E-state index contributed by atoms with van der Waals surface area (Å²) in [5, 5.41) is 3.85. The lowest BCUT2D eigenvalue weighted by Gasteiger charge is -2.05. The molecule has 0 aliphatic rings. The molecule has 0 bridgehead atoms. The van der Waals surface area contributed by atoms with Crippen molar-refractivity contribution in [2.75, 3.05) is 0 Å². The second-order valence-corrected chi connectivity index (χ2v) is 4.38. The minimum atomic E-state index is -0.0829. The number of hydrogen-bond acceptors (Lipinski definition) is 2. The summed E-state index contributed by atoms with van der Waals surface area (Å²) in [6.45, 7) is 1.95. The van der Waals surface area contributed by atoms with Crippen molar-refractivity contribution >= 4 is 33.1 Å². The van der Waals surface area contributed by atoms with Gasteiger partial charge in [-0.25, -0.2) is 4.98 Å². The number of H-pyrrole nitrogens is 1. The van der Waals surface area contributed by atoms with E-state index in [9.17, 15) is 4.79 Å². The molecule has 0 aliphatic carbocycles.